The van der Waals surface area contributed by atoms with Crippen LogP contribution in [0.2, 0.25) is 0 Å². The maximum atomic E-state index is 14.8. The number of aryl methyl sites for hydroxylation is 2. The Kier molecular flexibility index (Phi) is 15.5. The first kappa shape index (κ1) is 57.4. The molecule has 5 N–H and O–H groups in total. The normalized spacial score (nSPS) is 15.0. The number of pyridine rings is 1. The van der Waals surface area contributed by atoms with Crippen molar-refractivity contribution in [3.05, 3.63) is 138 Å². The maximum absolute atomic E-state index is 14.8. The van der Waals surface area contributed by atoms with Crippen LogP contribution < -0.4 is 15.2 Å². The van der Waals surface area contributed by atoms with Gasteiger partial charge in [0.05, 0.1) is 65.0 Å². The zero-order chi connectivity index (χ0) is 57.9. The molecule has 2 aliphatic rings. The Bertz CT molecular complexity index is 4260. The summed E-state index contributed by atoms with van der Waals surface area (Å²) in [7, 11) is -22.8. The molecule has 6 aromatic carbocycles. The number of sulfone groups is 1. The summed E-state index contributed by atoms with van der Waals surface area (Å²) in [5.74, 6) is -5.15. The Hall–Kier alpha value is -7.28. The Labute approximate surface area is 459 Å². The number of hydrogen-bond acceptors (Lipinski definition) is 16. The van der Waals surface area contributed by atoms with Crippen LogP contribution in [0.4, 0.5) is 11.4 Å². The van der Waals surface area contributed by atoms with Crippen molar-refractivity contribution in [2.75, 3.05) is 61.4 Å². The van der Waals surface area contributed by atoms with Crippen LogP contribution in [0.3, 0.4) is 0 Å². The molecule has 9 rings (SSSR count). The van der Waals surface area contributed by atoms with E-state index >= 15 is 0 Å². The third-order valence-corrected chi connectivity index (χ3v) is 21.2. The molecule has 2 aliphatic heterocycles. The van der Waals surface area contributed by atoms with Crippen molar-refractivity contribution in [3.63, 3.8) is 0 Å². The Morgan fingerprint density at radius 1 is 0.650 bits per heavy atom. The zero-order valence-corrected chi connectivity index (χ0v) is 46.4. The van der Waals surface area contributed by atoms with Crippen LogP contribution in [-0.2, 0) is 61.5 Å². The van der Waals surface area contributed by atoms with E-state index in [1.54, 1.807) is 72.5 Å². The van der Waals surface area contributed by atoms with Gasteiger partial charge in [-0.25, -0.2) is 34.5 Å². The van der Waals surface area contributed by atoms with Gasteiger partial charge in [-0.1, -0.05) is 48.0 Å². The van der Waals surface area contributed by atoms with E-state index in [1.165, 1.54) is 34.6 Å². The minimum atomic E-state index is -5.15. The molecule has 0 aliphatic carbocycles. The van der Waals surface area contributed by atoms with Crippen molar-refractivity contribution >= 4 is 118 Å². The number of carbonyl (C=O) groups excluding carboxylic acids is 3. The number of carbonyl (C=O) groups is 4. The smallest absolute Gasteiger partial charge is 0.303 e. The fraction of sp³-hybridized carbons (Fsp3) is 0.250. The van der Waals surface area contributed by atoms with Crippen molar-refractivity contribution in [3.8, 4) is 0 Å². The van der Waals surface area contributed by atoms with Gasteiger partial charge >= 0.3 is 5.97 Å². The number of anilines is 2. The highest BCUT2D eigenvalue weighted by Gasteiger charge is 2.39. The number of aliphatic carboxylic acids is 1. The summed E-state index contributed by atoms with van der Waals surface area (Å²) in [5.41, 5.74) is 5.80. The highest BCUT2D eigenvalue weighted by atomic mass is 32.2. The summed E-state index contributed by atoms with van der Waals surface area (Å²) < 4.78 is 157. The molecule has 23 nitrogen and oxygen atoms in total. The van der Waals surface area contributed by atoms with Gasteiger partial charge in [-0.15, -0.1) is 0 Å². The molecule has 7 aromatic rings. The van der Waals surface area contributed by atoms with Crippen LogP contribution in [0, 0.1) is 6.92 Å². The quantitative estimate of drug-likeness (QED) is 0.0291. The van der Waals surface area contributed by atoms with E-state index in [4.69, 9.17) is 5.73 Å². The number of benzene rings is 6. The van der Waals surface area contributed by atoms with E-state index in [2.05, 4.69) is 0 Å². The lowest BCUT2D eigenvalue weighted by Gasteiger charge is -2.33. The fourth-order valence-corrected chi connectivity index (χ4v) is 15.4. The van der Waals surface area contributed by atoms with Crippen molar-refractivity contribution < 1.29 is 80.0 Å². The predicted octanol–water partition coefficient (Wildman–Crippen LogP) is 4.13. The molecule has 0 radical (unpaired) electrons. The second kappa shape index (κ2) is 21.6. The van der Waals surface area contributed by atoms with Gasteiger partial charge in [0.25, 0.3) is 48.0 Å². The predicted molar refractivity (Wildman–Crippen MR) is 292 cm³/mol. The number of rotatable bonds is 19. The van der Waals surface area contributed by atoms with E-state index in [1.807, 2.05) is 4.57 Å². The monoisotopic (exact) mass is 1190 g/mol. The Morgan fingerprint density at radius 2 is 1.25 bits per heavy atom. The van der Waals surface area contributed by atoms with Crippen LogP contribution >= 0.6 is 0 Å². The first-order valence-corrected chi connectivity index (χ1v) is 32.1. The number of fused-ring (bicyclic) bond motifs is 2. The number of piperazine rings is 1. The number of amides is 3. The summed E-state index contributed by atoms with van der Waals surface area (Å²) in [5, 5.41) is 9.42. The number of para-hydroxylation sites is 2. The fourth-order valence-electron chi connectivity index (χ4n) is 10.0. The number of carboxylic acid groups (broad SMARTS) is 1. The molecule has 1 fully saturated rings. The number of nitrogens with zero attached hydrogens (tertiary/aromatic N) is 5. The lowest BCUT2D eigenvalue weighted by Crippen LogP contribution is -2.50. The van der Waals surface area contributed by atoms with Gasteiger partial charge in [-0.2, -0.15) is 25.7 Å². The number of imide groups is 1. The molecule has 0 unspecified atom stereocenters. The van der Waals surface area contributed by atoms with E-state index in [0.29, 0.717) is 37.1 Å². The highest BCUT2D eigenvalue weighted by Crippen LogP contribution is 2.41. The minimum absolute atomic E-state index is 0.0276. The summed E-state index contributed by atoms with van der Waals surface area (Å²) in [6.45, 7) is 1.83. The molecule has 0 bridgehead atoms. The van der Waals surface area contributed by atoms with Crippen LogP contribution in [0.1, 0.15) is 55.9 Å². The molecule has 420 valence electrons. The molecule has 80 heavy (non-hydrogen) atoms. The second-order valence-corrected chi connectivity index (χ2v) is 28.0. The number of sulfonamides is 2. The lowest BCUT2D eigenvalue weighted by molar-refractivity contribution is -0.645. The van der Waals surface area contributed by atoms with Crippen LogP contribution in [0.25, 0.3) is 32.6 Å². The summed E-state index contributed by atoms with van der Waals surface area (Å²) in [6.07, 6.45) is -0.429. The van der Waals surface area contributed by atoms with Gasteiger partial charge in [0.1, 0.15) is 4.90 Å². The number of nitrogens with two attached hydrogens (primary N) is 1. The van der Waals surface area contributed by atoms with E-state index in [0.717, 1.165) is 23.8 Å². The minimum Gasteiger partial charge on any atom is -0.481 e. The van der Waals surface area contributed by atoms with Gasteiger partial charge in [-0.05, 0) is 74.0 Å². The first-order chi connectivity index (χ1) is 37.6. The number of hydrogen-bond donors (Lipinski definition) is 4. The van der Waals surface area contributed by atoms with E-state index < -0.39 is 118 Å². The largest absolute Gasteiger partial charge is 0.481 e. The Balaban J connectivity index is 0.877. The van der Waals surface area contributed by atoms with Gasteiger partial charge in [0, 0.05) is 75.0 Å². The van der Waals surface area contributed by atoms with Crippen molar-refractivity contribution in [2.24, 2.45) is 0 Å². The molecule has 0 atom stereocenters. The van der Waals surface area contributed by atoms with Gasteiger partial charge in [-0.3, -0.25) is 33.2 Å². The second-order valence-electron chi connectivity index (χ2n) is 19.1. The van der Waals surface area contributed by atoms with E-state index in [-0.39, 0.29) is 90.7 Å². The molecule has 1 saturated heterocycles. The topological polar surface area (TPSA) is 343 Å². The van der Waals surface area contributed by atoms with Gasteiger partial charge < -0.3 is 10.8 Å². The molecule has 28 heteroatoms. The standard InChI is InChI=1S/C52H50N6O17S5/c1-33-16-18-35(19-17-33)78(68,69)57(21-7-15-46(59)60)52(63)48-38-11-2-4-13-43(38)56(44-14-5-3-12-39(44)48)20-8-27-77(66,67)55-24-22-54(23-25-55)26-28-76(64,65)36-10-6-9-34(29-36)58-50(61)41-31-37(79(70,71)72)30-40-47(41)42(51(58)62)32-45(49(40)53)80(73,74)75/h2-6,9-14,16-19,29-32H,7-8,15,20-28H2,1H3,(H4-,53,59,60,61,62,70,71,72,73,74,75)/p+1. The van der Waals surface area contributed by atoms with Crippen molar-refractivity contribution in [1.82, 2.24) is 13.5 Å². The number of nitrogen functional groups attached to an aromatic ring is 1. The van der Waals surface area contributed by atoms with E-state index in [9.17, 15) is 75.5 Å². The molecular formula is C52H51N6O17S5+. The number of aromatic nitrogens is 1. The molecule has 3 amide bonds. The van der Waals surface area contributed by atoms with Crippen LogP contribution in [0.15, 0.2) is 135 Å². The SMILES string of the molecule is Cc1ccc(S(=O)(=O)N(CCCC(=O)O)C(=O)c2c3ccccc3[n+](CCCS(=O)(=O)N3CCN(CCS(=O)(=O)c4cccc(N5C(=O)c6cc(S(=O)(=O)O)cc7c(N)c(S(=O)(=O)O)cc(c67)C5=O)c4)CC3)c3ccccc23)cc1. The molecule has 3 heterocycles. The van der Waals surface area contributed by atoms with Crippen LogP contribution in [0.5, 0.6) is 0 Å². The zero-order valence-electron chi connectivity index (χ0n) is 42.4. The molecule has 1 aromatic heterocycles. The number of carboxylic acids is 1. The lowest BCUT2D eigenvalue weighted by atomic mass is 9.92. The first-order valence-electron chi connectivity index (χ1n) is 24.6. The third kappa shape index (κ3) is 11.1. The average molecular weight is 1190 g/mol. The average Bonchev–Trinajstić information content (AvgIpc) is 3.57. The maximum Gasteiger partial charge on any atom is 0.303 e. The third-order valence-electron chi connectivity index (χ3n) is 14.0. The molecule has 0 spiro atoms. The van der Waals surface area contributed by atoms with Gasteiger partial charge in [0.15, 0.2) is 16.4 Å². The Morgan fingerprint density at radius 3 is 1.84 bits per heavy atom. The summed E-state index contributed by atoms with van der Waals surface area (Å²) in [6, 6.07) is 26.4. The summed E-state index contributed by atoms with van der Waals surface area (Å²) >= 11 is 0. The van der Waals surface area contributed by atoms with Crippen molar-refractivity contribution in [2.45, 2.75) is 52.3 Å². The van der Waals surface area contributed by atoms with Crippen LogP contribution in [-0.4, -0.2) is 144 Å². The van der Waals surface area contributed by atoms with Gasteiger partial charge in [0.2, 0.25) is 21.1 Å². The highest BCUT2D eigenvalue weighted by molar-refractivity contribution is 7.91. The summed E-state index contributed by atoms with van der Waals surface area (Å²) in [4.78, 5) is 54.2. The molecule has 0 saturated carbocycles. The van der Waals surface area contributed by atoms with Crippen molar-refractivity contribution in [1.29, 1.82) is 0 Å². The molecular weight excluding hydrogens is 1140 g/mol.